The average molecular weight is 404 g/mol. The highest BCUT2D eigenvalue weighted by atomic mass is 79.9. The van der Waals surface area contributed by atoms with Gasteiger partial charge in [0, 0.05) is 8.95 Å². The number of carbonyl (C=O) groups is 1. The molecular weight excluding hydrogens is 393 g/mol. The summed E-state index contributed by atoms with van der Waals surface area (Å²) in [5.41, 5.74) is 2.26. The van der Waals surface area contributed by atoms with E-state index in [2.05, 4.69) is 37.2 Å². The van der Waals surface area contributed by atoms with E-state index in [1.807, 2.05) is 25.1 Å². The third-order valence-corrected chi connectivity index (χ3v) is 4.52. The molecule has 98 valence electrons. The number of halogens is 3. The Morgan fingerprint density at radius 3 is 2.58 bits per heavy atom. The van der Waals surface area contributed by atoms with Gasteiger partial charge in [-0.25, -0.2) is 0 Å². The van der Waals surface area contributed by atoms with Crippen LogP contribution in [0.1, 0.15) is 15.9 Å². The van der Waals surface area contributed by atoms with Crippen molar-refractivity contribution in [3.05, 3.63) is 61.5 Å². The first-order chi connectivity index (χ1) is 8.99. The van der Waals surface area contributed by atoms with Crippen LogP contribution in [0.25, 0.3) is 0 Å². The van der Waals surface area contributed by atoms with Crippen LogP contribution < -0.4 is 5.32 Å². The Morgan fingerprint density at radius 1 is 1.16 bits per heavy atom. The van der Waals surface area contributed by atoms with Crippen LogP contribution in [0.4, 0.5) is 5.69 Å². The summed E-state index contributed by atoms with van der Waals surface area (Å²) in [4.78, 5) is 12.2. The SMILES string of the molecule is Cc1ccc(NC(=O)c2cccc(Br)c2Cl)c(Br)c1. The molecule has 1 N–H and O–H groups in total. The molecule has 0 unspecified atom stereocenters. The number of hydrogen-bond acceptors (Lipinski definition) is 1. The summed E-state index contributed by atoms with van der Waals surface area (Å²) in [6.07, 6.45) is 0. The zero-order valence-electron chi connectivity index (χ0n) is 10.0. The molecule has 1 amide bonds. The van der Waals surface area contributed by atoms with Crippen molar-refractivity contribution in [1.82, 2.24) is 0 Å². The van der Waals surface area contributed by atoms with E-state index in [-0.39, 0.29) is 5.91 Å². The maximum Gasteiger partial charge on any atom is 0.257 e. The molecule has 0 atom stereocenters. The van der Waals surface area contributed by atoms with Crippen molar-refractivity contribution in [2.24, 2.45) is 0 Å². The molecule has 0 saturated heterocycles. The first-order valence-corrected chi connectivity index (χ1v) is 7.47. The standard InChI is InChI=1S/C14H10Br2ClNO/c1-8-5-6-12(11(16)7-8)18-14(19)9-3-2-4-10(15)13(9)17/h2-7H,1H3,(H,18,19). The predicted molar refractivity (Wildman–Crippen MR) is 86.0 cm³/mol. The number of amides is 1. The lowest BCUT2D eigenvalue weighted by Crippen LogP contribution is -2.13. The summed E-state index contributed by atoms with van der Waals surface area (Å²) < 4.78 is 1.54. The van der Waals surface area contributed by atoms with Crippen LogP contribution in [-0.2, 0) is 0 Å². The first kappa shape index (κ1) is 14.6. The van der Waals surface area contributed by atoms with E-state index < -0.39 is 0 Å². The molecule has 0 bridgehead atoms. The minimum absolute atomic E-state index is 0.240. The number of benzene rings is 2. The quantitative estimate of drug-likeness (QED) is 0.712. The minimum atomic E-state index is -0.240. The van der Waals surface area contributed by atoms with Gasteiger partial charge in [0.25, 0.3) is 5.91 Å². The van der Waals surface area contributed by atoms with Crippen LogP contribution >= 0.6 is 43.5 Å². The molecule has 0 heterocycles. The Hall–Kier alpha value is -0.840. The highest BCUT2D eigenvalue weighted by Crippen LogP contribution is 2.28. The van der Waals surface area contributed by atoms with Gasteiger partial charge in [0.15, 0.2) is 0 Å². The van der Waals surface area contributed by atoms with E-state index in [0.717, 1.165) is 10.0 Å². The molecule has 0 radical (unpaired) electrons. The highest BCUT2D eigenvalue weighted by molar-refractivity contribution is 9.11. The molecule has 19 heavy (non-hydrogen) atoms. The van der Waals surface area contributed by atoms with Gasteiger partial charge in [-0.2, -0.15) is 0 Å². The summed E-state index contributed by atoms with van der Waals surface area (Å²) >= 11 is 12.8. The second-order valence-corrected chi connectivity index (χ2v) is 6.13. The van der Waals surface area contributed by atoms with Crippen LogP contribution in [-0.4, -0.2) is 5.91 Å². The lowest BCUT2D eigenvalue weighted by Gasteiger charge is -2.09. The lowest BCUT2D eigenvalue weighted by molar-refractivity contribution is 0.102. The van der Waals surface area contributed by atoms with Crippen molar-refractivity contribution in [2.75, 3.05) is 5.32 Å². The van der Waals surface area contributed by atoms with Crippen molar-refractivity contribution in [3.63, 3.8) is 0 Å². The molecular formula is C14H10Br2ClNO. The monoisotopic (exact) mass is 401 g/mol. The normalized spacial score (nSPS) is 10.3. The van der Waals surface area contributed by atoms with Crippen LogP contribution in [0.2, 0.25) is 5.02 Å². The summed E-state index contributed by atoms with van der Waals surface area (Å²) in [7, 11) is 0. The zero-order chi connectivity index (χ0) is 14.0. The molecule has 2 aromatic carbocycles. The number of anilines is 1. The van der Waals surface area contributed by atoms with Crippen LogP contribution in [0.3, 0.4) is 0 Å². The highest BCUT2D eigenvalue weighted by Gasteiger charge is 2.13. The maximum atomic E-state index is 12.2. The molecule has 5 heteroatoms. The van der Waals surface area contributed by atoms with Crippen molar-refractivity contribution >= 4 is 55.1 Å². The fourth-order valence-electron chi connectivity index (χ4n) is 1.59. The van der Waals surface area contributed by atoms with Crippen molar-refractivity contribution in [2.45, 2.75) is 6.92 Å². The molecule has 0 fully saturated rings. The zero-order valence-corrected chi connectivity index (χ0v) is 13.9. The van der Waals surface area contributed by atoms with Gasteiger partial charge in [-0.1, -0.05) is 23.7 Å². The topological polar surface area (TPSA) is 29.1 Å². The number of hydrogen-bond donors (Lipinski definition) is 1. The second-order valence-electron chi connectivity index (χ2n) is 4.04. The van der Waals surface area contributed by atoms with E-state index in [1.54, 1.807) is 18.2 Å². The minimum Gasteiger partial charge on any atom is -0.321 e. The van der Waals surface area contributed by atoms with Gasteiger partial charge in [0.05, 0.1) is 16.3 Å². The Balaban J connectivity index is 2.28. The van der Waals surface area contributed by atoms with Gasteiger partial charge in [-0.3, -0.25) is 4.79 Å². The van der Waals surface area contributed by atoms with Gasteiger partial charge in [0.1, 0.15) is 0 Å². The van der Waals surface area contributed by atoms with Gasteiger partial charge in [0.2, 0.25) is 0 Å². The average Bonchev–Trinajstić information content (AvgIpc) is 2.36. The predicted octanol–water partition coefficient (Wildman–Crippen LogP) is 5.43. The smallest absolute Gasteiger partial charge is 0.257 e. The lowest BCUT2D eigenvalue weighted by atomic mass is 10.2. The molecule has 0 aliphatic rings. The van der Waals surface area contributed by atoms with Crippen LogP contribution in [0, 0.1) is 6.92 Å². The van der Waals surface area contributed by atoms with Gasteiger partial charge in [-0.15, -0.1) is 0 Å². The molecule has 2 aromatic rings. The summed E-state index contributed by atoms with van der Waals surface area (Å²) in [5.74, 6) is -0.240. The first-order valence-electron chi connectivity index (χ1n) is 5.50. The Labute approximate surface area is 133 Å². The summed E-state index contributed by atoms with van der Waals surface area (Å²) in [5, 5.41) is 3.24. The van der Waals surface area contributed by atoms with E-state index in [9.17, 15) is 4.79 Å². The van der Waals surface area contributed by atoms with Crippen molar-refractivity contribution in [1.29, 1.82) is 0 Å². The summed E-state index contributed by atoms with van der Waals surface area (Å²) in [6.45, 7) is 1.99. The Kier molecular flexibility index (Phi) is 4.66. The largest absolute Gasteiger partial charge is 0.321 e. The third kappa shape index (κ3) is 3.38. The molecule has 0 aliphatic carbocycles. The van der Waals surface area contributed by atoms with Crippen molar-refractivity contribution < 1.29 is 4.79 Å². The molecule has 0 saturated carbocycles. The molecule has 2 nitrogen and oxygen atoms in total. The molecule has 0 aliphatic heterocycles. The Morgan fingerprint density at radius 2 is 1.89 bits per heavy atom. The number of nitrogens with one attached hydrogen (secondary N) is 1. The molecule has 0 aromatic heterocycles. The fraction of sp³-hybridized carbons (Fsp3) is 0.0714. The number of rotatable bonds is 2. The fourth-order valence-corrected chi connectivity index (χ4v) is 2.76. The van der Waals surface area contributed by atoms with Crippen LogP contribution in [0.5, 0.6) is 0 Å². The summed E-state index contributed by atoms with van der Waals surface area (Å²) in [6, 6.07) is 11.0. The van der Waals surface area contributed by atoms with Gasteiger partial charge in [-0.05, 0) is 68.6 Å². The van der Waals surface area contributed by atoms with E-state index in [4.69, 9.17) is 11.6 Å². The molecule has 2 rings (SSSR count). The third-order valence-electron chi connectivity index (χ3n) is 2.57. The molecule has 0 spiro atoms. The van der Waals surface area contributed by atoms with E-state index in [0.29, 0.717) is 20.7 Å². The number of aryl methyl sites for hydroxylation is 1. The van der Waals surface area contributed by atoms with E-state index >= 15 is 0 Å². The van der Waals surface area contributed by atoms with Crippen LogP contribution in [0.15, 0.2) is 45.3 Å². The number of carbonyl (C=O) groups excluding carboxylic acids is 1. The van der Waals surface area contributed by atoms with E-state index in [1.165, 1.54) is 0 Å². The van der Waals surface area contributed by atoms with Gasteiger partial charge < -0.3 is 5.32 Å². The van der Waals surface area contributed by atoms with Crippen molar-refractivity contribution in [3.8, 4) is 0 Å². The maximum absolute atomic E-state index is 12.2. The van der Waals surface area contributed by atoms with Gasteiger partial charge >= 0.3 is 0 Å². The second kappa shape index (κ2) is 6.07. The Bertz CT molecular complexity index is 643.